The van der Waals surface area contributed by atoms with Gasteiger partial charge in [-0.3, -0.25) is 4.79 Å². The predicted molar refractivity (Wildman–Crippen MR) is 65.0 cm³/mol. The lowest BCUT2D eigenvalue weighted by atomic mass is 10.3. The fourth-order valence-electron chi connectivity index (χ4n) is 1.09. The standard InChI is InChI=1S/C10H14BrNO2S/c1-2-14-10(13)3-4-12-6-8-5-9(11)15-7-8/h5,7,12H,2-4,6H2,1H3. The maximum absolute atomic E-state index is 11.0. The number of carbonyl (C=O) groups excluding carboxylic acids is 1. The van der Waals surface area contributed by atoms with Gasteiger partial charge in [-0.05, 0) is 39.9 Å². The van der Waals surface area contributed by atoms with Crippen molar-refractivity contribution in [2.45, 2.75) is 19.9 Å². The van der Waals surface area contributed by atoms with Gasteiger partial charge in [-0.25, -0.2) is 0 Å². The van der Waals surface area contributed by atoms with Crippen LogP contribution in [0.2, 0.25) is 0 Å². The van der Waals surface area contributed by atoms with E-state index in [9.17, 15) is 4.79 Å². The molecule has 84 valence electrons. The molecule has 15 heavy (non-hydrogen) atoms. The van der Waals surface area contributed by atoms with Gasteiger partial charge in [0.15, 0.2) is 0 Å². The molecule has 0 aliphatic carbocycles. The van der Waals surface area contributed by atoms with Crippen molar-refractivity contribution >= 4 is 33.2 Å². The van der Waals surface area contributed by atoms with Crippen LogP contribution in [-0.4, -0.2) is 19.1 Å². The Hall–Kier alpha value is -0.390. The number of nitrogens with one attached hydrogen (secondary N) is 1. The Morgan fingerprint density at radius 1 is 1.67 bits per heavy atom. The van der Waals surface area contributed by atoms with Gasteiger partial charge in [-0.15, -0.1) is 11.3 Å². The van der Waals surface area contributed by atoms with Crippen LogP contribution < -0.4 is 5.32 Å². The Balaban J connectivity index is 2.09. The molecule has 1 aromatic heterocycles. The Kier molecular flexibility index (Phi) is 5.90. The highest BCUT2D eigenvalue weighted by atomic mass is 79.9. The number of rotatable bonds is 6. The lowest BCUT2D eigenvalue weighted by Crippen LogP contribution is -2.18. The molecule has 0 aromatic carbocycles. The summed E-state index contributed by atoms with van der Waals surface area (Å²) in [7, 11) is 0. The number of ether oxygens (including phenoxy) is 1. The summed E-state index contributed by atoms with van der Waals surface area (Å²) >= 11 is 5.06. The number of halogens is 1. The molecule has 3 nitrogen and oxygen atoms in total. The van der Waals surface area contributed by atoms with Crippen molar-refractivity contribution in [3.8, 4) is 0 Å². The third kappa shape index (κ3) is 5.30. The maximum atomic E-state index is 11.0. The smallest absolute Gasteiger partial charge is 0.307 e. The van der Waals surface area contributed by atoms with Gasteiger partial charge >= 0.3 is 5.97 Å². The van der Waals surface area contributed by atoms with E-state index >= 15 is 0 Å². The van der Waals surface area contributed by atoms with E-state index in [1.54, 1.807) is 11.3 Å². The lowest BCUT2D eigenvalue weighted by Gasteiger charge is -2.03. The van der Waals surface area contributed by atoms with Crippen molar-refractivity contribution in [3.63, 3.8) is 0 Å². The van der Waals surface area contributed by atoms with Crippen molar-refractivity contribution in [1.29, 1.82) is 0 Å². The van der Waals surface area contributed by atoms with Gasteiger partial charge in [0, 0.05) is 13.1 Å². The molecule has 0 saturated heterocycles. The molecule has 0 bridgehead atoms. The zero-order valence-electron chi connectivity index (χ0n) is 8.59. The van der Waals surface area contributed by atoms with Gasteiger partial charge in [-0.1, -0.05) is 0 Å². The van der Waals surface area contributed by atoms with Crippen LogP contribution in [0.25, 0.3) is 0 Å². The number of carbonyl (C=O) groups is 1. The van der Waals surface area contributed by atoms with E-state index in [0.29, 0.717) is 19.6 Å². The summed E-state index contributed by atoms with van der Waals surface area (Å²) < 4.78 is 5.94. The van der Waals surface area contributed by atoms with E-state index in [2.05, 4.69) is 32.7 Å². The van der Waals surface area contributed by atoms with Gasteiger partial charge in [0.1, 0.15) is 0 Å². The van der Waals surface area contributed by atoms with E-state index in [-0.39, 0.29) is 5.97 Å². The van der Waals surface area contributed by atoms with Gasteiger partial charge in [-0.2, -0.15) is 0 Å². The second-order valence-corrected chi connectivity index (χ2v) is 5.28. The van der Waals surface area contributed by atoms with E-state index in [1.807, 2.05) is 6.92 Å². The fraction of sp³-hybridized carbons (Fsp3) is 0.500. The summed E-state index contributed by atoms with van der Waals surface area (Å²) in [5.41, 5.74) is 1.23. The summed E-state index contributed by atoms with van der Waals surface area (Å²) in [5.74, 6) is -0.142. The average Bonchev–Trinajstić information content (AvgIpc) is 2.60. The summed E-state index contributed by atoms with van der Waals surface area (Å²) in [5, 5.41) is 5.27. The quantitative estimate of drug-likeness (QED) is 0.647. The molecule has 0 unspecified atom stereocenters. The first-order valence-electron chi connectivity index (χ1n) is 4.81. The zero-order valence-corrected chi connectivity index (χ0v) is 11.0. The molecule has 0 amide bonds. The Morgan fingerprint density at radius 2 is 2.47 bits per heavy atom. The predicted octanol–water partition coefficient (Wildman–Crippen LogP) is 2.55. The van der Waals surface area contributed by atoms with Gasteiger partial charge in [0.25, 0.3) is 0 Å². The van der Waals surface area contributed by atoms with Crippen molar-refractivity contribution in [3.05, 3.63) is 20.8 Å². The van der Waals surface area contributed by atoms with Crippen LogP contribution in [0.1, 0.15) is 18.9 Å². The first-order valence-corrected chi connectivity index (χ1v) is 6.49. The average molecular weight is 292 g/mol. The molecular formula is C10H14BrNO2S. The van der Waals surface area contributed by atoms with E-state index in [1.165, 1.54) is 5.56 Å². The Bertz CT molecular complexity index is 314. The summed E-state index contributed by atoms with van der Waals surface area (Å²) in [6.45, 7) is 3.72. The molecule has 0 radical (unpaired) electrons. The molecule has 1 aromatic rings. The molecule has 0 fully saturated rings. The second-order valence-electron chi connectivity index (χ2n) is 2.99. The van der Waals surface area contributed by atoms with Crippen LogP contribution in [0, 0.1) is 0 Å². The van der Waals surface area contributed by atoms with E-state index in [0.717, 1.165) is 10.3 Å². The topological polar surface area (TPSA) is 38.3 Å². The molecule has 0 aliphatic heterocycles. The molecule has 1 heterocycles. The van der Waals surface area contributed by atoms with E-state index in [4.69, 9.17) is 4.74 Å². The van der Waals surface area contributed by atoms with Gasteiger partial charge in [0.2, 0.25) is 0 Å². The van der Waals surface area contributed by atoms with Crippen molar-refractivity contribution in [2.24, 2.45) is 0 Å². The van der Waals surface area contributed by atoms with Crippen molar-refractivity contribution in [2.75, 3.05) is 13.2 Å². The molecule has 1 N–H and O–H groups in total. The number of hydrogen-bond donors (Lipinski definition) is 1. The summed E-state index contributed by atoms with van der Waals surface area (Å²) in [4.78, 5) is 11.0. The molecule has 0 saturated carbocycles. The first kappa shape index (κ1) is 12.7. The highest BCUT2D eigenvalue weighted by molar-refractivity contribution is 9.11. The normalized spacial score (nSPS) is 10.3. The van der Waals surface area contributed by atoms with Crippen molar-refractivity contribution in [1.82, 2.24) is 5.32 Å². The van der Waals surface area contributed by atoms with Gasteiger partial charge in [0.05, 0.1) is 16.8 Å². The maximum Gasteiger partial charge on any atom is 0.307 e. The number of thiophene rings is 1. The minimum absolute atomic E-state index is 0.142. The monoisotopic (exact) mass is 291 g/mol. The Morgan fingerprint density at radius 3 is 3.07 bits per heavy atom. The van der Waals surface area contributed by atoms with Crippen LogP contribution in [0.15, 0.2) is 15.2 Å². The SMILES string of the molecule is CCOC(=O)CCNCc1csc(Br)c1. The van der Waals surface area contributed by atoms with Crippen molar-refractivity contribution < 1.29 is 9.53 Å². The second kappa shape index (κ2) is 6.98. The number of esters is 1. The van der Waals surface area contributed by atoms with Crippen LogP contribution in [0.4, 0.5) is 0 Å². The minimum atomic E-state index is -0.142. The first-order chi connectivity index (χ1) is 7.22. The third-order valence-electron chi connectivity index (χ3n) is 1.76. The fourth-order valence-corrected chi connectivity index (χ4v) is 2.30. The number of hydrogen-bond acceptors (Lipinski definition) is 4. The molecule has 5 heteroatoms. The van der Waals surface area contributed by atoms with Crippen LogP contribution >= 0.6 is 27.3 Å². The lowest BCUT2D eigenvalue weighted by molar-refractivity contribution is -0.142. The molecule has 0 spiro atoms. The van der Waals surface area contributed by atoms with Crippen LogP contribution in [-0.2, 0) is 16.1 Å². The highest BCUT2D eigenvalue weighted by Crippen LogP contribution is 2.20. The largest absolute Gasteiger partial charge is 0.466 e. The highest BCUT2D eigenvalue weighted by Gasteiger charge is 2.01. The van der Waals surface area contributed by atoms with E-state index < -0.39 is 0 Å². The molecular weight excluding hydrogens is 278 g/mol. The zero-order chi connectivity index (χ0) is 11.1. The van der Waals surface area contributed by atoms with Crippen LogP contribution in [0.5, 0.6) is 0 Å². The molecule has 0 aliphatic rings. The minimum Gasteiger partial charge on any atom is -0.466 e. The van der Waals surface area contributed by atoms with Gasteiger partial charge < -0.3 is 10.1 Å². The molecule has 1 rings (SSSR count). The molecule has 0 atom stereocenters. The summed E-state index contributed by atoms with van der Waals surface area (Å²) in [6.07, 6.45) is 0.430. The Labute approximate surface area is 102 Å². The van der Waals surface area contributed by atoms with Crippen LogP contribution in [0.3, 0.4) is 0 Å². The third-order valence-corrected chi connectivity index (χ3v) is 3.32. The summed E-state index contributed by atoms with van der Waals surface area (Å²) in [6, 6.07) is 2.07.